The molecule has 3 heterocycles. The number of ether oxygens (including phenoxy) is 1. The number of carbonyl (C=O) groups is 1. The summed E-state index contributed by atoms with van der Waals surface area (Å²) in [4.78, 5) is 18.8. The first-order valence-electron chi connectivity index (χ1n) is 9.76. The lowest BCUT2D eigenvalue weighted by molar-refractivity contribution is 0.100. The van der Waals surface area contributed by atoms with Crippen molar-refractivity contribution in [2.75, 3.05) is 36.5 Å². The van der Waals surface area contributed by atoms with Gasteiger partial charge in [-0.15, -0.1) is 0 Å². The van der Waals surface area contributed by atoms with Gasteiger partial charge in [0.15, 0.2) is 5.82 Å². The summed E-state index contributed by atoms with van der Waals surface area (Å²) in [6, 6.07) is 10.8. The summed E-state index contributed by atoms with van der Waals surface area (Å²) < 4.78 is 5.38. The maximum absolute atomic E-state index is 12.1. The van der Waals surface area contributed by atoms with Crippen LogP contribution in [0.2, 0.25) is 0 Å². The third-order valence-electron chi connectivity index (χ3n) is 5.03. The molecule has 0 bridgehead atoms. The number of phenols is 1. The standard InChI is InChI=1S/C21H24N6O3/c22-20(29)19-18(25-26-21(19)24-12-14-1-5-17(28)6-2-14)11-15-3-4-16(13-23-15)27-7-9-30-10-8-27/h1-6,13,28H,7-12H2,(H2,22,29)(H2,24,25,26). The van der Waals surface area contributed by atoms with Crippen LogP contribution >= 0.6 is 0 Å². The van der Waals surface area contributed by atoms with Crippen LogP contribution in [0.5, 0.6) is 5.75 Å². The van der Waals surface area contributed by atoms with E-state index in [2.05, 4.69) is 25.4 Å². The summed E-state index contributed by atoms with van der Waals surface area (Å²) in [5.74, 6) is 0.0400. The molecule has 0 saturated carbocycles. The summed E-state index contributed by atoms with van der Waals surface area (Å²) in [5.41, 5.74) is 9.35. The van der Waals surface area contributed by atoms with E-state index in [1.165, 1.54) is 0 Å². The molecular weight excluding hydrogens is 384 g/mol. The van der Waals surface area contributed by atoms with Crippen molar-refractivity contribution in [1.29, 1.82) is 0 Å². The lowest BCUT2D eigenvalue weighted by atomic mass is 10.1. The SMILES string of the molecule is NC(=O)c1c(NCc2ccc(O)cc2)n[nH]c1Cc1ccc(N2CCOCC2)cn1. The number of nitrogens with one attached hydrogen (secondary N) is 2. The van der Waals surface area contributed by atoms with Gasteiger partial charge in [-0.3, -0.25) is 14.9 Å². The quantitative estimate of drug-likeness (QED) is 0.468. The second-order valence-electron chi connectivity index (χ2n) is 7.09. The molecule has 3 aromatic rings. The fourth-order valence-corrected chi connectivity index (χ4v) is 3.41. The van der Waals surface area contributed by atoms with E-state index in [0.717, 1.165) is 43.2 Å². The number of phenolic OH excluding ortho intramolecular Hbond substituents is 1. The van der Waals surface area contributed by atoms with Gasteiger partial charge in [-0.25, -0.2) is 0 Å². The third-order valence-corrected chi connectivity index (χ3v) is 5.03. The Balaban J connectivity index is 1.46. The molecule has 1 fully saturated rings. The molecule has 9 nitrogen and oxygen atoms in total. The van der Waals surface area contributed by atoms with Gasteiger partial charge in [0.1, 0.15) is 11.3 Å². The lowest BCUT2D eigenvalue weighted by Gasteiger charge is -2.28. The first-order valence-corrected chi connectivity index (χ1v) is 9.76. The molecule has 0 radical (unpaired) electrons. The highest BCUT2D eigenvalue weighted by atomic mass is 16.5. The number of benzene rings is 1. The van der Waals surface area contributed by atoms with E-state index in [1.807, 2.05) is 18.3 Å². The van der Waals surface area contributed by atoms with Crippen molar-refractivity contribution < 1.29 is 14.6 Å². The number of rotatable bonds is 7. The minimum Gasteiger partial charge on any atom is -0.508 e. The maximum Gasteiger partial charge on any atom is 0.254 e. The summed E-state index contributed by atoms with van der Waals surface area (Å²) in [6.07, 6.45) is 2.25. The maximum atomic E-state index is 12.1. The van der Waals surface area contributed by atoms with Gasteiger partial charge in [0.25, 0.3) is 5.91 Å². The minimum atomic E-state index is -0.558. The number of morpholine rings is 1. The number of carbonyl (C=O) groups excluding carboxylic acids is 1. The lowest BCUT2D eigenvalue weighted by Crippen LogP contribution is -2.36. The molecule has 0 aliphatic carbocycles. The topological polar surface area (TPSA) is 129 Å². The Morgan fingerprint density at radius 3 is 2.63 bits per heavy atom. The molecule has 5 N–H and O–H groups in total. The molecule has 30 heavy (non-hydrogen) atoms. The van der Waals surface area contributed by atoms with Crippen molar-refractivity contribution >= 4 is 17.4 Å². The van der Waals surface area contributed by atoms with E-state index < -0.39 is 5.91 Å². The number of nitrogens with zero attached hydrogens (tertiary/aromatic N) is 3. The van der Waals surface area contributed by atoms with E-state index >= 15 is 0 Å². The van der Waals surface area contributed by atoms with Crippen LogP contribution in [0.3, 0.4) is 0 Å². The molecule has 1 amide bonds. The van der Waals surface area contributed by atoms with E-state index in [9.17, 15) is 9.90 Å². The van der Waals surface area contributed by atoms with Gasteiger partial charge in [-0.05, 0) is 29.8 Å². The van der Waals surface area contributed by atoms with Crippen LogP contribution in [0.1, 0.15) is 27.3 Å². The Morgan fingerprint density at radius 2 is 1.97 bits per heavy atom. The van der Waals surface area contributed by atoms with Crippen LogP contribution in [0, 0.1) is 0 Å². The molecule has 0 unspecified atom stereocenters. The zero-order valence-electron chi connectivity index (χ0n) is 16.5. The van der Waals surface area contributed by atoms with Gasteiger partial charge in [0.05, 0.1) is 30.8 Å². The predicted octanol–water partition coefficient (Wildman–Crippen LogP) is 1.65. The minimum absolute atomic E-state index is 0.200. The molecule has 1 aromatic carbocycles. The summed E-state index contributed by atoms with van der Waals surface area (Å²) in [6.45, 7) is 3.58. The molecular formula is C21H24N6O3. The van der Waals surface area contributed by atoms with Gasteiger partial charge < -0.3 is 25.8 Å². The average Bonchev–Trinajstić information content (AvgIpc) is 3.17. The normalized spacial score (nSPS) is 13.9. The highest BCUT2D eigenvalue weighted by molar-refractivity contribution is 5.98. The molecule has 1 aliphatic heterocycles. The number of hydrogen-bond acceptors (Lipinski definition) is 7. The van der Waals surface area contributed by atoms with E-state index in [0.29, 0.717) is 30.0 Å². The van der Waals surface area contributed by atoms with Gasteiger partial charge in [0, 0.05) is 31.7 Å². The fraction of sp³-hybridized carbons (Fsp3) is 0.286. The Bertz CT molecular complexity index is 995. The highest BCUT2D eigenvalue weighted by Crippen LogP contribution is 2.21. The van der Waals surface area contributed by atoms with E-state index in [1.54, 1.807) is 24.3 Å². The largest absolute Gasteiger partial charge is 0.508 e. The number of aromatic hydroxyl groups is 1. The van der Waals surface area contributed by atoms with Crippen LogP contribution in [-0.4, -0.2) is 52.5 Å². The molecule has 1 saturated heterocycles. The van der Waals surface area contributed by atoms with E-state index in [-0.39, 0.29) is 5.75 Å². The second-order valence-corrected chi connectivity index (χ2v) is 7.09. The Morgan fingerprint density at radius 1 is 1.20 bits per heavy atom. The molecule has 1 aliphatic rings. The van der Waals surface area contributed by atoms with Crippen molar-refractivity contribution in [3.8, 4) is 5.75 Å². The second kappa shape index (κ2) is 8.83. The smallest absolute Gasteiger partial charge is 0.254 e. The van der Waals surface area contributed by atoms with Crippen LogP contribution < -0.4 is 16.0 Å². The van der Waals surface area contributed by atoms with Crippen molar-refractivity contribution in [3.05, 3.63) is 65.1 Å². The monoisotopic (exact) mass is 408 g/mol. The zero-order chi connectivity index (χ0) is 20.9. The predicted molar refractivity (Wildman–Crippen MR) is 113 cm³/mol. The number of amides is 1. The molecule has 9 heteroatoms. The molecule has 0 atom stereocenters. The van der Waals surface area contributed by atoms with Crippen LogP contribution in [0.4, 0.5) is 11.5 Å². The molecule has 4 rings (SSSR count). The summed E-state index contributed by atoms with van der Waals surface area (Å²) in [5, 5.41) is 19.6. The van der Waals surface area contributed by atoms with Gasteiger partial charge in [-0.2, -0.15) is 5.10 Å². The Hall–Kier alpha value is -3.59. The van der Waals surface area contributed by atoms with E-state index in [4.69, 9.17) is 10.5 Å². The summed E-state index contributed by atoms with van der Waals surface area (Å²) in [7, 11) is 0. The number of hydrogen-bond donors (Lipinski definition) is 4. The van der Waals surface area contributed by atoms with Gasteiger partial charge in [-0.1, -0.05) is 12.1 Å². The molecule has 156 valence electrons. The number of pyridine rings is 1. The average molecular weight is 408 g/mol. The van der Waals surface area contributed by atoms with Gasteiger partial charge in [0.2, 0.25) is 0 Å². The number of nitrogens with two attached hydrogens (primary N) is 1. The fourth-order valence-electron chi connectivity index (χ4n) is 3.41. The van der Waals surface area contributed by atoms with Crippen LogP contribution in [0.25, 0.3) is 0 Å². The number of anilines is 2. The first-order chi connectivity index (χ1) is 14.6. The van der Waals surface area contributed by atoms with Crippen molar-refractivity contribution in [2.24, 2.45) is 5.73 Å². The van der Waals surface area contributed by atoms with Gasteiger partial charge >= 0.3 is 0 Å². The number of aromatic amines is 1. The zero-order valence-corrected chi connectivity index (χ0v) is 16.5. The van der Waals surface area contributed by atoms with Crippen LogP contribution in [-0.2, 0) is 17.7 Å². The van der Waals surface area contributed by atoms with Crippen LogP contribution in [0.15, 0.2) is 42.6 Å². The third kappa shape index (κ3) is 4.52. The Kier molecular flexibility index (Phi) is 5.80. The highest BCUT2D eigenvalue weighted by Gasteiger charge is 2.19. The summed E-state index contributed by atoms with van der Waals surface area (Å²) >= 11 is 0. The number of aromatic nitrogens is 3. The van der Waals surface area contributed by atoms with Crippen molar-refractivity contribution in [2.45, 2.75) is 13.0 Å². The number of primary amides is 1. The van der Waals surface area contributed by atoms with Crippen molar-refractivity contribution in [3.63, 3.8) is 0 Å². The molecule has 0 spiro atoms. The Labute approximate surface area is 173 Å². The van der Waals surface area contributed by atoms with Crippen molar-refractivity contribution in [1.82, 2.24) is 15.2 Å². The first kappa shape index (κ1) is 19.7. The molecule has 2 aromatic heterocycles. The number of H-pyrrole nitrogens is 1.